The van der Waals surface area contributed by atoms with Crippen molar-refractivity contribution < 1.29 is 8.78 Å². The van der Waals surface area contributed by atoms with Gasteiger partial charge in [0.25, 0.3) is 0 Å². The van der Waals surface area contributed by atoms with Crippen molar-refractivity contribution in [1.82, 2.24) is 15.1 Å². The number of aromatic nitrogens is 2. The van der Waals surface area contributed by atoms with Crippen LogP contribution in [-0.4, -0.2) is 9.78 Å². The van der Waals surface area contributed by atoms with Crippen molar-refractivity contribution in [2.24, 2.45) is 0 Å². The first kappa shape index (κ1) is 19.5. The highest BCUT2D eigenvalue weighted by Crippen LogP contribution is 2.30. The number of benzene rings is 2. The van der Waals surface area contributed by atoms with Gasteiger partial charge in [0.1, 0.15) is 11.6 Å². The Balaban J connectivity index is 0.00000210. The number of rotatable bonds is 5. The lowest BCUT2D eigenvalue weighted by Gasteiger charge is -2.24. The lowest BCUT2D eigenvalue weighted by molar-refractivity contribution is 0.443. The summed E-state index contributed by atoms with van der Waals surface area (Å²) in [5.41, 5.74) is 4.14. The number of halogens is 3. The molecule has 1 aliphatic carbocycles. The predicted octanol–water partition coefficient (Wildman–Crippen LogP) is 4.80. The van der Waals surface area contributed by atoms with Gasteiger partial charge in [0.2, 0.25) is 0 Å². The van der Waals surface area contributed by atoms with Crippen molar-refractivity contribution in [3.05, 3.63) is 88.7 Å². The van der Waals surface area contributed by atoms with E-state index in [1.165, 1.54) is 29.0 Å². The highest BCUT2D eigenvalue weighted by atomic mass is 35.5. The zero-order valence-corrected chi connectivity index (χ0v) is 15.7. The molecular weight excluding hydrogens is 368 g/mol. The highest BCUT2D eigenvalue weighted by Gasteiger charge is 2.24. The van der Waals surface area contributed by atoms with Gasteiger partial charge in [0, 0.05) is 35.5 Å². The summed E-state index contributed by atoms with van der Waals surface area (Å²) >= 11 is 0. The van der Waals surface area contributed by atoms with Crippen LogP contribution in [0, 0.1) is 11.6 Å². The maximum atomic E-state index is 13.9. The monoisotopic (exact) mass is 389 g/mol. The Hall–Kier alpha value is -2.24. The zero-order chi connectivity index (χ0) is 17.9. The molecule has 4 rings (SSSR count). The van der Waals surface area contributed by atoms with Crippen molar-refractivity contribution in [3.8, 4) is 0 Å². The number of hydrogen-bond donors (Lipinski definition) is 1. The van der Waals surface area contributed by atoms with Crippen LogP contribution in [0.25, 0.3) is 0 Å². The van der Waals surface area contributed by atoms with Gasteiger partial charge in [0.15, 0.2) is 0 Å². The smallest absolute Gasteiger partial charge is 0.130 e. The summed E-state index contributed by atoms with van der Waals surface area (Å²) in [4.78, 5) is 0. The molecular formula is C21H22ClF2N3. The fraction of sp³-hybridized carbons (Fsp3) is 0.286. The van der Waals surface area contributed by atoms with Crippen LogP contribution in [0.3, 0.4) is 0 Å². The third-order valence-electron chi connectivity index (χ3n) is 4.99. The molecule has 1 atom stereocenters. The molecule has 0 bridgehead atoms. The van der Waals surface area contributed by atoms with Crippen molar-refractivity contribution in [3.63, 3.8) is 0 Å². The Morgan fingerprint density at radius 3 is 2.70 bits per heavy atom. The Morgan fingerprint density at radius 2 is 1.93 bits per heavy atom. The molecule has 0 aliphatic heterocycles. The third-order valence-corrected chi connectivity index (χ3v) is 4.99. The molecule has 2 aromatic carbocycles. The maximum Gasteiger partial charge on any atom is 0.130 e. The first-order valence-electron chi connectivity index (χ1n) is 8.96. The minimum absolute atomic E-state index is 0. The van der Waals surface area contributed by atoms with Crippen LogP contribution in [0.15, 0.2) is 54.7 Å². The molecule has 0 fully saturated rings. The summed E-state index contributed by atoms with van der Waals surface area (Å²) in [6, 6.07) is 14.2. The number of nitrogens with zero attached hydrogens (tertiary/aromatic N) is 2. The van der Waals surface area contributed by atoms with E-state index in [-0.39, 0.29) is 18.4 Å². The van der Waals surface area contributed by atoms with Gasteiger partial charge in [0.05, 0.1) is 12.7 Å². The number of fused-ring (bicyclic) bond motifs is 1. The Bertz CT molecular complexity index is 896. The van der Waals surface area contributed by atoms with Crippen molar-refractivity contribution >= 4 is 12.4 Å². The molecule has 3 nitrogen and oxygen atoms in total. The van der Waals surface area contributed by atoms with Crippen LogP contribution < -0.4 is 5.32 Å². The average Bonchev–Trinajstić information content (AvgIpc) is 3.05. The minimum atomic E-state index is -0.548. The molecule has 1 aromatic heterocycles. The maximum absolute atomic E-state index is 13.9. The average molecular weight is 390 g/mol. The summed E-state index contributed by atoms with van der Waals surface area (Å²) in [6.07, 6.45) is 4.99. The zero-order valence-electron chi connectivity index (χ0n) is 14.9. The summed E-state index contributed by atoms with van der Waals surface area (Å²) in [6.45, 7) is 1.13. The van der Waals surface area contributed by atoms with Gasteiger partial charge < -0.3 is 5.32 Å². The van der Waals surface area contributed by atoms with Crippen molar-refractivity contribution in [2.45, 2.75) is 38.4 Å². The summed E-state index contributed by atoms with van der Waals surface area (Å²) in [5, 5.41) is 8.00. The largest absolute Gasteiger partial charge is 0.306 e. The van der Waals surface area contributed by atoms with Gasteiger partial charge in [-0.2, -0.15) is 5.10 Å². The molecule has 27 heavy (non-hydrogen) atoms. The van der Waals surface area contributed by atoms with Gasteiger partial charge >= 0.3 is 0 Å². The third kappa shape index (κ3) is 4.37. The molecule has 1 N–H and O–H groups in total. The van der Waals surface area contributed by atoms with Gasteiger partial charge in [-0.05, 0) is 30.9 Å². The van der Waals surface area contributed by atoms with Crippen LogP contribution in [0.4, 0.5) is 8.78 Å². The molecule has 3 aromatic rings. The van der Waals surface area contributed by atoms with Gasteiger partial charge in [-0.15, -0.1) is 12.4 Å². The van der Waals surface area contributed by atoms with E-state index in [9.17, 15) is 8.78 Å². The van der Waals surface area contributed by atoms with Crippen molar-refractivity contribution in [1.29, 1.82) is 0 Å². The summed E-state index contributed by atoms with van der Waals surface area (Å²) < 4.78 is 29.0. The standard InChI is InChI=1S/C21H21F2N3.ClH/c22-17-10-9-16(19(23)11-17)12-24-20-7-4-8-21-18(20)13-25-26(21)14-15-5-2-1-3-6-15;/h1-3,5-6,9-11,13,20,24H,4,7-8,12,14H2;1H. The fourth-order valence-corrected chi connectivity index (χ4v) is 3.62. The van der Waals surface area contributed by atoms with Gasteiger partial charge in [-0.1, -0.05) is 36.4 Å². The van der Waals surface area contributed by atoms with Gasteiger partial charge in [-0.3, -0.25) is 4.68 Å². The fourth-order valence-electron chi connectivity index (χ4n) is 3.62. The Morgan fingerprint density at radius 1 is 1.11 bits per heavy atom. The second kappa shape index (κ2) is 8.63. The van der Waals surface area contributed by atoms with E-state index in [4.69, 9.17) is 0 Å². The first-order valence-corrected chi connectivity index (χ1v) is 8.96. The van der Waals surface area contributed by atoms with E-state index < -0.39 is 11.6 Å². The van der Waals surface area contributed by atoms with Crippen LogP contribution in [0.5, 0.6) is 0 Å². The molecule has 0 spiro atoms. The molecule has 1 unspecified atom stereocenters. The lowest BCUT2D eigenvalue weighted by Crippen LogP contribution is -2.25. The van der Waals surface area contributed by atoms with Crippen LogP contribution in [0.2, 0.25) is 0 Å². The van der Waals surface area contributed by atoms with E-state index in [0.29, 0.717) is 12.1 Å². The molecule has 0 saturated carbocycles. The number of hydrogen-bond acceptors (Lipinski definition) is 2. The quantitative estimate of drug-likeness (QED) is 0.679. The molecule has 1 heterocycles. The van der Waals surface area contributed by atoms with E-state index >= 15 is 0 Å². The number of nitrogens with one attached hydrogen (secondary N) is 1. The lowest BCUT2D eigenvalue weighted by atomic mass is 9.92. The van der Waals surface area contributed by atoms with E-state index in [1.54, 1.807) is 0 Å². The van der Waals surface area contributed by atoms with Crippen molar-refractivity contribution in [2.75, 3.05) is 0 Å². The summed E-state index contributed by atoms with van der Waals surface area (Å²) in [5.74, 6) is -1.05. The molecule has 6 heteroatoms. The first-order chi connectivity index (χ1) is 12.7. The molecule has 1 aliphatic rings. The van der Waals surface area contributed by atoms with Crippen LogP contribution in [-0.2, 0) is 19.5 Å². The van der Waals surface area contributed by atoms with E-state index in [0.717, 1.165) is 31.9 Å². The molecule has 142 valence electrons. The predicted molar refractivity (Wildman–Crippen MR) is 104 cm³/mol. The normalized spacial score (nSPS) is 15.9. The second-order valence-electron chi connectivity index (χ2n) is 6.75. The Kier molecular flexibility index (Phi) is 6.24. The minimum Gasteiger partial charge on any atom is -0.306 e. The van der Waals surface area contributed by atoms with Gasteiger partial charge in [-0.25, -0.2) is 8.78 Å². The highest BCUT2D eigenvalue weighted by molar-refractivity contribution is 5.85. The molecule has 0 saturated heterocycles. The summed E-state index contributed by atoms with van der Waals surface area (Å²) in [7, 11) is 0. The van der Waals surface area contributed by atoms with Crippen LogP contribution in [0.1, 0.15) is 41.3 Å². The van der Waals surface area contributed by atoms with E-state index in [1.807, 2.05) is 24.4 Å². The molecule has 0 amide bonds. The Labute approximate surface area is 163 Å². The second-order valence-corrected chi connectivity index (χ2v) is 6.75. The van der Waals surface area contributed by atoms with E-state index in [2.05, 4.69) is 27.2 Å². The topological polar surface area (TPSA) is 29.9 Å². The molecule has 0 radical (unpaired) electrons. The van der Waals surface area contributed by atoms with Crippen LogP contribution >= 0.6 is 12.4 Å². The SMILES string of the molecule is Cl.Fc1ccc(CNC2CCCc3c2cnn3Cc2ccccc2)c(F)c1.